The predicted molar refractivity (Wildman–Crippen MR) is 115 cm³/mol. The van der Waals surface area contributed by atoms with Gasteiger partial charge in [0.1, 0.15) is 5.82 Å². The molecule has 0 bridgehead atoms. The van der Waals surface area contributed by atoms with Gasteiger partial charge in [-0.3, -0.25) is 9.78 Å². The Labute approximate surface area is 173 Å². The van der Waals surface area contributed by atoms with Crippen molar-refractivity contribution in [1.29, 1.82) is 0 Å². The molecule has 0 unspecified atom stereocenters. The summed E-state index contributed by atoms with van der Waals surface area (Å²) in [5, 5.41) is 0.372. The molecule has 3 aromatic rings. The number of benzene rings is 2. The average Bonchev–Trinajstić information content (AvgIpc) is 2.79. The van der Waals surface area contributed by atoms with Gasteiger partial charge in [0.25, 0.3) is 0 Å². The highest BCUT2D eigenvalue weighted by Gasteiger charge is 2.22. The molecule has 1 saturated heterocycles. The number of carbonyl (C=O) groups is 1. The third-order valence-electron chi connectivity index (χ3n) is 4.92. The lowest BCUT2D eigenvalue weighted by Crippen LogP contribution is -2.49. The van der Waals surface area contributed by atoms with Gasteiger partial charge in [-0.05, 0) is 0 Å². The predicted octanol–water partition coefficient (Wildman–Crippen LogP) is 3.85. The zero-order valence-electron chi connectivity index (χ0n) is 15.5. The number of halogens is 1. The highest BCUT2D eigenvalue weighted by Crippen LogP contribution is 2.30. The van der Waals surface area contributed by atoms with Crippen LogP contribution in [0.4, 0.5) is 5.82 Å². The van der Waals surface area contributed by atoms with Crippen molar-refractivity contribution in [3.63, 3.8) is 0 Å². The fourth-order valence-corrected chi connectivity index (χ4v) is 3.76. The zero-order valence-corrected chi connectivity index (χ0v) is 17.0. The number of carbonyl (C=O) groups excluding carboxylic acids is 1. The fraction of sp³-hybridized carbons (Fsp3) is 0.227. The number of anilines is 1. The van der Waals surface area contributed by atoms with Crippen molar-refractivity contribution in [1.82, 2.24) is 14.9 Å². The van der Waals surface area contributed by atoms with E-state index in [0.717, 1.165) is 41.4 Å². The van der Waals surface area contributed by atoms with Crippen LogP contribution in [0.3, 0.4) is 0 Å². The molecule has 0 N–H and O–H groups in total. The van der Waals surface area contributed by atoms with Crippen LogP contribution in [-0.2, 0) is 4.79 Å². The van der Waals surface area contributed by atoms with E-state index in [2.05, 4.69) is 45.1 Å². The molecule has 1 aliphatic heterocycles. The largest absolute Gasteiger partial charge is 0.352 e. The van der Waals surface area contributed by atoms with E-state index in [9.17, 15) is 4.79 Å². The third-order valence-corrected chi connectivity index (χ3v) is 5.40. The quantitative estimate of drug-likeness (QED) is 0.582. The van der Waals surface area contributed by atoms with Gasteiger partial charge < -0.3 is 9.80 Å². The Kier molecular flexibility index (Phi) is 5.67. The van der Waals surface area contributed by atoms with Crippen molar-refractivity contribution in [3.8, 4) is 22.5 Å². The smallest absolute Gasteiger partial charge is 0.233 e. The lowest BCUT2D eigenvalue weighted by Gasteiger charge is -2.35. The maximum Gasteiger partial charge on any atom is 0.233 e. The SMILES string of the molecule is O=C(CBr)N1CCN(c2cnc(-c3ccccc3)c(-c3ccccc3)n2)CC1. The van der Waals surface area contributed by atoms with E-state index >= 15 is 0 Å². The highest BCUT2D eigenvalue weighted by atomic mass is 79.9. The molecule has 1 amide bonds. The van der Waals surface area contributed by atoms with Gasteiger partial charge in [0, 0.05) is 37.3 Å². The molecule has 1 aliphatic rings. The lowest BCUT2D eigenvalue weighted by molar-refractivity contribution is -0.128. The van der Waals surface area contributed by atoms with Gasteiger partial charge in [-0.25, -0.2) is 4.98 Å². The molecule has 142 valence electrons. The number of aromatic nitrogens is 2. The van der Waals surface area contributed by atoms with E-state index in [-0.39, 0.29) is 5.91 Å². The number of rotatable bonds is 4. The van der Waals surface area contributed by atoms with Gasteiger partial charge in [0.15, 0.2) is 0 Å². The molecule has 0 atom stereocenters. The summed E-state index contributed by atoms with van der Waals surface area (Å²) in [6.07, 6.45) is 1.84. The summed E-state index contributed by atoms with van der Waals surface area (Å²) in [5.41, 5.74) is 3.85. The molecule has 28 heavy (non-hydrogen) atoms. The highest BCUT2D eigenvalue weighted by molar-refractivity contribution is 9.09. The zero-order chi connectivity index (χ0) is 19.3. The van der Waals surface area contributed by atoms with E-state index in [1.165, 1.54) is 0 Å². The standard InChI is InChI=1S/C22H21BrN4O/c23-15-20(28)27-13-11-26(12-14-27)19-16-24-21(17-7-3-1-4-8-17)22(25-19)18-9-5-2-6-10-18/h1-10,16H,11-15H2. The summed E-state index contributed by atoms with van der Waals surface area (Å²) in [6, 6.07) is 20.3. The maximum atomic E-state index is 11.9. The van der Waals surface area contributed by atoms with Crippen molar-refractivity contribution in [2.75, 3.05) is 36.4 Å². The molecule has 2 aromatic carbocycles. The van der Waals surface area contributed by atoms with Crippen LogP contribution in [-0.4, -0.2) is 52.3 Å². The molecular formula is C22H21BrN4O. The van der Waals surface area contributed by atoms with Crippen LogP contribution in [0.2, 0.25) is 0 Å². The van der Waals surface area contributed by atoms with Crippen molar-refractivity contribution >= 4 is 27.7 Å². The molecular weight excluding hydrogens is 416 g/mol. The van der Waals surface area contributed by atoms with E-state index in [1.807, 2.05) is 47.5 Å². The van der Waals surface area contributed by atoms with Gasteiger partial charge in [-0.2, -0.15) is 0 Å². The van der Waals surface area contributed by atoms with Gasteiger partial charge in [0.05, 0.1) is 22.9 Å². The molecule has 4 rings (SSSR count). The summed E-state index contributed by atoms with van der Waals surface area (Å²) in [6.45, 7) is 2.92. The average molecular weight is 437 g/mol. The Morgan fingerprint density at radius 2 is 1.43 bits per heavy atom. The van der Waals surface area contributed by atoms with E-state index in [1.54, 1.807) is 0 Å². The van der Waals surface area contributed by atoms with E-state index in [4.69, 9.17) is 9.97 Å². The van der Waals surface area contributed by atoms with Gasteiger partial charge in [-0.15, -0.1) is 0 Å². The normalized spacial score (nSPS) is 14.2. The summed E-state index contributed by atoms with van der Waals surface area (Å²) in [4.78, 5) is 25.7. The van der Waals surface area contributed by atoms with Gasteiger partial charge in [-0.1, -0.05) is 76.6 Å². The van der Waals surface area contributed by atoms with Crippen LogP contribution in [0, 0.1) is 0 Å². The Hall–Kier alpha value is -2.73. The van der Waals surface area contributed by atoms with Crippen LogP contribution in [0.5, 0.6) is 0 Å². The van der Waals surface area contributed by atoms with Gasteiger partial charge >= 0.3 is 0 Å². The molecule has 6 heteroatoms. The molecule has 0 spiro atoms. The summed E-state index contributed by atoms with van der Waals surface area (Å²) in [5.74, 6) is 0.986. The van der Waals surface area contributed by atoms with Crippen molar-refractivity contribution in [3.05, 3.63) is 66.9 Å². The van der Waals surface area contributed by atoms with E-state index in [0.29, 0.717) is 18.4 Å². The first-order valence-electron chi connectivity index (χ1n) is 9.33. The Balaban J connectivity index is 1.67. The second-order valence-corrected chi connectivity index (χ2v) is 7.22. The van der Waals surface area contributed by atoms with Gasteiger partial charge in [0.2, 0.25) is 5.91 Å². The second-order valence-electron chi connectivity index (χ2n) is 6.66. The first-order chi connectivity index (χ1) is 13.8. The van der Waals surface area contributed by atoms with Crippen molar-refractivity contribution in [2.24, 2.45) is 0 Å². The number of alkyl halides is 1. The summed E-state index contributed by atoms with van der Waals surface area (Å²) < 4.78 is 0. The number of amides is 1. The van der Waals surface area contributed by atoms with Crippen LogP contribution in [0.25, 0.3) is 22.5 Å². The van der Waals surface area contributed by atoms with Crippen LogP contribution < -0.4 is 4.90 Å². The first-order valence-corrected chi connectivity index (χ1v) is 10.4. The second kappa shape index (κ2) is 8.52. The topological polar surface area (TPSA) is 49.3 Å². The monoisotopic (exact) mass is 436 g/mol. The molecule has 2 heterocycles. The summed E-state index contributed by atoms with van der Waals surface area (Å²) >= 11 is 3.25. The molecule has 5 nitrogen and oxygen atoms in total. The number of hydrogen-bond donors (Lipinski definition) is 0. The van der Waals surface area contributed by atoms with Crippen molar-refractivity contribution < 1.29 is 4.79 Å². The third kappa shape index (κ3) is 3.92. The minimum atomic E-state index is 0.134. The Bertz CT molecular complexity index is 941. The maximum absolute atomic E-state index is 11.9. The first kappa shape index (κ1) is 18.6. The molecule has 1 aromatic heterocycles. The minimum Gasteiger partial charge on any atom is -0.352 e. The minimum absolute atomic E-state index is 0.134. The van der Waals surface area contributed by atoms with Crippen LogP contribution in [0.15, 0.2) is 66.9 Å². The summed E-state index contributed by atoms with van der Waals surface area (Å²) in [7, 11) is 0. The van der Waals surface area contributed by atoms with Crippen LogP contribution in [0.1, 0.15) is 0 Å². The lowest BCUT2D eigenvalue weighted by atomic mass is 10.0. The Morgan fingerprint density at radius 3 is 2.00 bits per heavy atom. The number of nitrogens with zero attached hydrogens (tertiary/aromatic N) is 4. The molecule has 1 fully saturated rings. The Morgan fingerprint density at radius 1 is 0.857 bits per heavy atom. The fourth-order valence-electron chi connectivity index (χ4n) is 3.41. The molecule has 0 saturated carbocycles. The van der Waals surface area contributed by atoms with Crippen LogP contribution >= 0.6 is 15.9 Å². The van der Waals surface area contributed by atoms with E-state index < -0.39 is 0 Å². The number of piperazine rings is 1. The van der Waals surface area contributed by atoms with Crippen molar-refractivity contribution in [2.45, 2.75) is 0 Å². The number of hydrogen-bond acceptors (Lipinski definition) is 4. The molecule has 0 aliphatic carbocycles. The molecule has 0 radical (unpaired) electrons.